The van der Waals surface area contributed by atoms with Gasteiger partial charge in [0.05, 0.1) is 26.4 Å². The molecule has 0 aromatic heterocycles. The predicted molar refractivity (Wildman–Crippen MR) is 368 cm³/mol. The minimum absolute atomic E-state index is 0.105. The van der Waals surface area contributed by atoms with Crippen molar-refractivity contribution in [1.29, 1.82) is 0 Å². The summed E-state index contributed by atoms with van der Waals surface area (Å²) < 4.78 is 68.3. The molecule has 19 heteroatoms. The molecule has 0 saturated heterocycles. The Morgan fingerprint density at radius 3 is 0.747 bits per heavy atom. The molecule has 0 heterocycles. The number of aliphatic hydroxyl groups is 1. The number of rotatable bonds is 71. The number of hydrogen-bond acceptors (Lipinski definition) is 15. The molecular formula is C72H140O17P2. The Hall–Kier alpha value is -1.94. The first kappa shape index (κ1) is 89.1. The van der Waals surface area contributed by atoms with Crippen molar-refractivity contribution < 1.29 is 80.2 Å². The van der Waals surface area contributed by atoms with Crippen LogP contribution in [0.25, 0.3) is 0 Å². The smallest absolute Gasteiger partial charge is 0.462 e. The van der Waals surface area contributed by atoms with E-state index < -0.39 is 97.5 Å². The molecule has 5 atom stereocenters. The lowest BCUT2D eigenvalue weighted by atomic mass is 10.0. The number of esters is 4. The lowest BCUT2D eigenvalue weighted by molar-refractivity contribution is -0.161. The number of phosphoric ester groups is 2. The quantitative estimate of drug-likeness (QED) is 0.0222. The third kappa shape index (κ3) is 66.5. The summed E-state index contributed by atoms with van der Waals surface area (Å²) in [5, 5.41) is 10.6. The van der Waals surface area contributed by atoms with E-state index in [0.717, 1.165) is 102 Å². The van der Waals surface area contributed by atoms with E-state index in [1.54, 1.807) is 0 Å². The molecule has 91 heavy (non-hydrogen) atoms. The van der Waals surface area contributed by atoms with E-state index in [0.29, 0.717) is 25.7 Å². The fourth-order valence-electron chi connectivity index (χ4n) is 10.9. The van der Waals surface area contributed by atoms with E-state index in [-0.39, 0.29) is 25.7 Å². The molecular weight excluding hydrogens is 1200 g/mol. The lowest BCUT2D eigenvalue weighted by Gasteiger charge is -2.21. The highest BCUT2D eigenvalue weighted by molar-refractivity contribution is 7.47. The highest BCUT2D eigenvalue weighted by Crippen LogP contribution is 2.45. The molecule has 0 saturated carbocycles. The molecule has 0 aromatic rings. The predicted octanol–water partition coefficient (Wildman–Crippen LogP) is 20.8. The van der Waals surface area contributed by atoms with E-state index in [9.17, 15) is 43.2 Å². The molecule has 540 valence electrons. The molecule has 0 aliphatic heterocycles. The van der Waals surface area contributed by atoms with Gasteiger partial charge in [-0.3, -0.25) is 37.3 Å². The van der Waals surface area contributed by atoms with Crippen LogP contribution >= 0.6 is 15.6 Å². The average molecular weight is 1340 g/mol. The molecule has 0 radical (unpaired) electrons. The summed E-state index contributed by atoms with van der Waals surface area (Å²) >= 11 is 0. The molecule has 0 spiro atoms. The van der Waals surface area contributed by atoms with E-state index in [1.165, 1.54) is 186 Å². The maximum atomic E-state index is 13.0. The van der Waals surface area contributed by atoms with Gasteiger partial charge in [-0.15, -0.1) is 0 Å². The Kier molecular flexibility index (Phi) is 62.7. The average Bonchev–Trinajstić information content (AvgIpc) is 3.59. The van der Waals surface area contributed by atoms with Crippen LogP contribution in [-0.2, 0) is 65.4 Å². The van der Waals surface area contributed by atoms with Crippen LogP contribution < -0.4 is 0 Å². The van der Waals surface area contributed by atoms with Crippen molar-refractivity contribution in [3.05, 3.63) is 0 Å². The Labute approximate surface area is 556 Å². The van der Waals surface area contributed by atoms with Gasteiger partial charge in [-0.25, -0.2) is 9.13 Å². The monoisotopic (exact) mass is 1340 g/mol. The van der Waals surface area contributed by atoms with Crippen molar-refractivity contribution in [2.24, 2.45) is 11.8 Å². The Morgan fingerprint density at radius 1 is 0.297 bits per heavy atom. The number of ether oxygens (including phenoxy) is 4. The zero-order chi connectivity index (χ0) is 67.2. The van der Waals surface area contributed by atoms with Crippen LogP contribution in [0.2, 0.25) is 0 Å². The number of carbonyl (C=O) groups excluding carboxylic acids is 4. The molecule has 0 amide bonds. The van der Waals surface area contributed by atoms with Crippen molar-refractivity contribution in [2.45, 2.75) is 387 Å². The van der Waals surface area contributed by atoms with Crippen molar-refractivity contribution >= 4 is 39.5 Å². The highest BCUT2D eigenvalue weighted by atomic mass is 31.2. The molecule has 0 bridgehead atoms. The normalized spacial score (nSPS) is 14.1. The fourth-order valence-corrected chi connectivity index (χ4v) is 12.5. The molecule has 3 N–H and O–H groups in total. The van der Waals surface area contributed by atoms with Gasteiger partial charge in [0.15, 0.2) is 12.2 Å². The van der Waals surface area contributed by atoms with Gasteiger partial charge in [0, 0.05) is 25.7 Å². The highest BCUT2D eigenvalue weighted by Gasteiger charge is 2.30. The summed E-state index contributed by atoms with van der Waals surface area (Å²) in [7, 11) is -9.90. The molecule has 0 aromatic carbocycles. The Balaban J connectivity index is 5.22. The maximum Gasteiger partial charge on any atom is 0.472 e. The zero-order valence-corrected chi connectivity index (χ0v) is 60.9. The molecule has 0 rings (SSSR count). The van der Waals surface area contributed by atoms with Gasteiger partial charge < -0.3 is 33.8 Å². The van der Waals surface area contributed by atoms with Gasteiger partial charge in [-0.2, -0.15) is 0 Å². The van der Waals surface area contributed by atoms with Crippen LogP contribution in [0.15, 0.2) is 0 Å². The molecule has 0 fully saturated rings. The summed E-state index contributed by atoms with van der Waals surface area (Å²) in [5.74, 6) is -0.602. The third-order valence-electron chi connectivity index (χ3n) is 16.7. The summed E-state index contributed by atoms with van der Waals surface area (Å²) in [6.07, 6.45) is 49.9. The van der Waals surface area contributed by atoms with E-state index >= 15 is 0 Å². The zero-order valence-electron chi connectivity index (χ0n) is 59.1. The lowest BCUT2D eigenvalue weighted by Crippen LogP contribution is -2.30. The molecule has 0 aliphatic rings. The fraction of sp³-hybridized carbons (Fsp3) is 0.944. The molecule has 2 unspecified atom stereocenters. The summed E-state index contributed by atoms with van der Waals surface area (Å²) in [5.41, 5.74) is 0. The van der Waals surface area contributed by atoms with E-state index in [2.05, 4.69) is 41.5 Å². The van der Waals surface area contributed by atoms with Crippen molar-refractivity contribution in [3.8, 4) is 0 Å². The summed E-state index contributed by atoms with van der Waals surface area (Å²) in [6.45, 7) is 9.54. The third-order valence-corrected chi connectivity index (χ3v) is 18.6. The van der Waals surface area contributed by atoms with Crippen LogP contribution in [0.3, 0.4) is 0 Å². The van der Waals surface area contributed by atoms with Crippen molar-refractivity contribution in [3.63, 3.8) is 0 Å². The number of aliphatic hydroxyl groups excluding tert-OH is 1. The number of phosphoric acid groups is 2. The number of carbonyl (C=O) groups is 4. The SMILES string of the molecule is CCCCCCCCCCCCCCCC(=O)OC[C@H](COP(=O)(O)OC[C@@H](O)COP(=O)(O)OC[C@@H](COC(=O)CCCCCCCCCCC)OC(=O)CCCCCCCCCCC(C)C)OC(=O)CCCCCCCCCCCCCCCCCC(C)C. The van der Waals surface area contributed by atoms with Gasteiger partial charge in [0.2, 0.25) is 0 Å². The first-order valence-corrected chi connectivity index (χ1v) is 40.5. The number of hydrogen-bond donors (Lipinski definition) is 3. The van der Waals surface area contributed by atoms with Crippen LogP contribution in [0.5, 0.6) is 0 Å². The first-order chi connectivity index (χ1) is 43.9. The minimum atomic E-state index is -4.95. The second kappa shape index (κ2) is 64.1. The van der Waals surface area contributed by atoms with Crippen molar-refractivity contribution in [1.82, 2.24) is 0 Å². The van der Waals surface area contributed by atoms with Gasteiger partial charge in [0.1, 0.15) is 19.3 Å². The molecule has 17 nitrogen and oxygen atoms in total. The Bertz CT molecular complexity index is 1770. The van der Waals surface area contributed by atoms with Gasteiger partial charge >= 0.3 is 39.5 Å². The number of unbranched alkanes of at least 4 members (excludes halogenated alkanes) is 41. The van der Waals surface area contributed by atoms with E-state index in [4.69, 9.17) is 37.0 Å². The summed E-state index contributed by atoms with van der Waals surface area (Å²) in [4.78, 5) is 72.6. The minimum Gasteiger partial charge on any atom is -0.462 e. The summed E-state index contributed by atoms with van der Waals surface area (Å²) in [6, 6.07) is 0. The second-order valence-electron chi connectivity index (χ2n) is 26.9. The van der Waals surface area contributed by atoms with Gasteiger partial charge in [0.25, 0.3) is 0 Å². The van der Waals surface area contributed by atoms with Crippen LogP contribution in [-0.4, -0.2) is 96.7 Å². The first-order valence-electron chi connectivity index (χ1n) is 37.5. The molecule has 0 aliphatic carbocycles. The standard InChI is InChI=1S/C72H140O17P2/c1-7-9-11-13-15-17-18-22-26-30-37-43-49-55-70(75)83-61-67(88-71(76)56-50-44-38-31-27-24-21-19-20-23-25-29-34-40-46-52-64(3)4)62-86-90(78,79)84-58-66(73)59-85-91(80,81)87-63-68(60-82-69(74)54-48-42-36-28-16-14-12-10-8-2)89-72(77)57-51-45-39-33-32-35-41-47-53-65(5)6/h64-68,73H,7-63H2,1-6H3,(H,78,79)(H,80,81)/t66-,67-,68-/m1/s1. The topological polar surface area (TPSA) is 237 Å². The van der Waals surface area contributed by atoms with Crippen LogP contribution in [0.1, 0.15) is 369 Å². The van der Waals surface area contributed by atoms with Gasteiger partial charge in [-0.05, 0) is 37.5 Å². The largest absolute Gasteiger partial charge is 0.472 e. The second-order valence-corrected chi connectivity index (χ2v) is 29.8. The van der Waals surface area contributed by atoms with Crippen LogP contribution in [0, 0.1) is 11.8 Å². The van der Waals surface area contributed by atoms with Crippen LogP contribution in [0.4, 0.5) is 0 Å². The van der Waals surface area contributed by atoms with E-state index in [1.807, 2.05) is 0 Å². The van der Waals surface area contributed by atoms with Gasteiger partial charge in [-0.1, -0.05) is 318 Å². The Morgan fingerprint density at radius 2 is 0.505 bits per heavy atom. The van der Waals surface area contributed by atoms with Crippen molar-refractivity contribution in [2.75, 3.05) is 39.6 Å². The maximum absolute atomic E-state index is 13.0.